The second-order valence-corrected chi connectivity index (χ2v) is 3.91. The molecule has 0 aliphatic heterocycles. The molecule has 2 aromatic rings. The summed E-state index contributed by atoms with van der Waals surface area (Å²) in [6.45, 7) is 3.04. The van der Waals surface area contributed by atoms with Crippen LogP contribution in [0.25, 0.3) is 0 Å². The molecule has 1 heterocycles. The molecule has 0 radical (unpaired) electrons. The van der Waals surface area contributed by atoms with Crippen LogP contribution in [0.4, 0.5) is 0 Å². The predicted octanol–water partition coefficient (Wildman–Crippen LogP) is 3.06. The molecule has 0 amide bonds. The molecule has 0 spiro atoms. The summed E-state index contributed by atoms with van der Waals surface area (Å²) in [5.41, 5.74) is 2.51. The first-order valence-corrected chi connectivity index (χ1v) is 5.53. The van der Waals surface area contributed by atoms with Crippen LogP contribution in [0, 0.1) is 0 Å². The first kappa shape index (κ1) is 17.0. The lowest BCUT2D eigenvalue weighted by atomic mass is 10.1. The standard InChI is InChI=1S/C13H17N3.2ClH/c1-11(12-6-4-3-5-7-12)16-10-15-9-13(16)8-14-2;;/h3-7,9-11,14H,8H2,1-2H3;2*1H. The molecule has 0 saturated heterocycles. The van der Waals surface area contributed by atoms with Gasteiger partial charge in [-0.15, -0.1) is 24.8 Å². The highest BCUT2D eigenvalue weighted by molar-refractivity contribution is 5.85. The van der Waals surface area contributed by atoms with E-state index in [1.165, 1.54) is 11.3 Å². The van der Waals surface area contributed by atoms with Gasteiger partial charge in [0.25, 0.3) is 0 Å². The normalized spacial score (nSPS) is 11.2. The molecule has 5 heteroatoms. The smallest absolute Gasteiger partial charge is 0.0954 e. The zero-order chi connectivity index (χ0) is 11.4. The van der Waals surface area contributed by atoms with E-state index < -0.39 is 0 Å². The number of hydrogen-bond donors (Lipinski definition) is 1. The van der Waals surface area contributed by atoms with Crippen molar-refractivity contribution in [3.63, 3.8) is 0 Å². The molecule has 100 valence electrons. The molecule has 1 aromatic carbocycles. The molecule has 18 heavy (non-hydrogen) atoms. The van der Waals surface area contributed by atoms with Crippen LogP contribution in [0.3, 0.4) is 0 Å². The van der Waals surface area contributed by atoms with E-state index in [0.29, 0.717) is 6.04 Å². The molecular weight excluding hydrogens is 269 g/mol. The highest BCUT2D eigenvalue weighted by Crippen LogP contribution is 2.18. The quantitative estimate of drug-likeness (QED) is 0.937. The van der Waals surface area contributed by atoms with Crippen LogP contribution in [0.2, 0.25) is 0 Å². The molecular formula is C13H19Cl2N3. The first-order valence-electron chi connectivity index (χ1n) is 5.53. The summed E-state index contributed by atoms with van der Waals surface area (Å²) < 4.78 is 2.20. The third-order valence-electron chi connectivity index (χ3n) is 2.80. The van der Waals surface area contributed by atoms with Gasteiger partial charge in [-0.25, -0.2) is 4.98 Å². The fraction of sp³-hybridized carbons (Fsp3) is 0.308. The minimum Gasteiger partial charge on any atom is -0.326 e. The number of nitrogens with zero attached hydrogens (tertiary/aromatic N) is 2. The Morgan fingerprint density at radius 2 is 1.89 bits per heavy atom. The Labute approximate surface area is 120 Å². The van der Waals surface area contributed by atoms with E-state index in [4.69, 9.17) is 0 Å². The second-order valence-electron chi connectivity index (χ2n) is 3.91. The Balaban J connectivity index is 0.00000144. The maximum Gasteiger partial charge on any atom is 0.0954 e. The molecule has 0 bridgehead atoms. The van der Waals surface area contributed by atoms with E-state index in [0.717, 1.165) is 6.54 Å². The molecule has 1 unspecified atom stereocenters. The maximum atomic E-state index is 4.21. The molecule has 0 aliphatic carbocycles. The highest BCUT2D eigenvalue weighted by Gasteiger charge is 2.10. The van der Waals surface area contributed by atoms with Gasteiger partial charge >= 0.3 is 0 Å². The number of rotatable bonds is 4. The third-order valence-corrected chi connectivity index (χ3v) is 2.80. The summed E-state index contributed by atoms with van der Waals surface area (Å²) >= 11 is 0. The zero-order valence-corrected chi connectivity index (χ0v) is 12.2. The Kier molecular flexibility index (Phi) is 7.67. The summed E-state index contributed by atoms with van der Waals surface area (Å²) in [5, 5.41) is 3.16. The Hall–Kier alpha value is -1.03. The SMILES string of the molecule is CNCc1cncn1C(C)c1ccccc1.Cl.Cl. The lowest BCUT2D eigenvalue weighted by Gasteiger charge is -2.16. The van der Waals surface area contributed by atoms with Gasteiger partial charge in [0.15, 0.2) is 0 Å². The van der Waals surface area contributed by atoms with E-state index >= 15 is 0 Å². The highest BCUT2D eigenvalue weighted by atomic mass is 35.5. The van der Waals surface area contributed by atoms with Gasteiger partial charge in [-0.3, -0.25) is 0 Å². The van der Waals surface area contributed by atoms with Crippen LogP contribution < -0.4 is 5.32 Å². The minimum absolute atomic E-state index is 0. The van der Waals surface area contributed by atoms with Crippen molar-refractivity contribution in [3.8, 4) is 0 Å². The molecule has 2 rings (SSSR count). The van der Waals surface area contributed by atoms with Gasteiger partial charge in [0.2, 0.25) is 0 Å². The van der Waals surface area contributed by atoms with Crippen molar-refractivity contribution in [1.29, 1.82) is 0 Å². The molecule has 0 fully saturated rings. The largest absolute Gasteiger partial charge is 0.326 e. The van der Waals surface area contributed by atoms with E-state index in [-0.39, 0.29) is 24.8 Å². The van der Waals surface area contributed by atoms with E-state index in [2.05, 4.69) is 46.1 Å². The molecule has 1 atom stereocenters. The maximum absolute atomic E-state index is 4.21. The Morgan fingerprint density at radius 3 is 2.50 bits per heavy atom. The summed E-state index contributed by atoms with van der Waals surface area (Å²) in [5.74, 6) is 0. The predicted molar refractivity (Wildman–Crippen MR) is 79.7 cm³/mol. The Morgan fingerprint density at radius 1 is 1.22 bits per heavy atom. The molecule has 0 aliphatic rings. The van der Waals surface area contributed by atoms with Crippen molar-refractivity contribution in [2.24, 2.45) is 0 Å². The van der Waals surface area contributed by atoms with Crippen LogP contribution in [-0.2, 0) is 6.54 Å². The average molecular weight is 288 g/mol. The van der Waals surface area contributed by atoms with Crippen molar-refractivity contribution in [1.82, 2.24) is 14.9 Å². The summed E-state index contributed by atoms with van der Waals surface area (Å²) in [6.07, 6.45) is 3.81. The number of hydrogen-bond acceptors (Lipinski definition) is 2. The molecule has 0 saturated carbocycles. The Bertz CT molecular complexity index is 443. The van der Waals surface area contributed by atoms with Crippen molar-refractivity contribution < 1.29 is 0 Å². The van der Waals surface area contributed by atoms with Crippen LogP contribution in [0.15, 0.2) is 42.9 Å². The number of halogens is 2. The number of nitrogens with one attached hydrogen (secondary N) is 1. The van der Waals surface area contributed by atoms with Gasteiger partial charge in [0.1, 0.15) is 0 Å². The van der Waals surface area contributed by atoms with E-state index in [1.54, 1.807) is 0 Å². The minimum atomic E-state index is 0. The zero-order valence-electron chi connectivity index (χ0n) is 10.5. The van der Waals surface area contributed by atoms with E-state index in [9.17, 15) is 0 Å². The van der Waals surface area contributed by atoms with Gasteiger partial charge < -0.3 is 9.88 Å². The topological polar surface area (TPSA) is 29.9 Å². The number of imidazole rings is 1. The average Bonchev–Trinajstić information content (AvgIpc) is 2.78. The van der Waals surface area contributed by atoms with Crippen molar-refractivity contribution in [2.45, 2.75) is 19.5 Å². The lowest BCUT2D eigenvalue weighted by Crippen LogP contribution is -2.14. The second kappa shape index (κ2) is 8.14. The summed E-state index contributed by atoms with van der Waals surface area (Å²) in [7, 11) is 1.95. The summed E-state index contributed by atoms with van der Waals surface area (Å²) in [6, 6.07) is 10.8. The van der Waals surface area contributed by atoms with Crippen molar-refractivity contribution in [2.75, 3.05) is 7.05 Å². The molecule has 3 nitrogen and oxygen atoms in total. The fourth-order valence-electron chi connectivity index (χ4n) is 1.89. The number of benzene rings is 1. The van der Waals surface area contributed by atoms with Gasteiger partial charge in [-0.1, -0.05) is 30.3 Å². The lowest BCUT2D eigenvalue weighted by molar-refractivity contribution is 0.593. The fourth-order valence-corrected chi connectivity index (χ4v) is 1.89. The van der Waals surface area contributed by atoms with Gasteiger partial charge in [0.05, 0.1) is 18.1 Å². The third kappa shape index (κ3) is 3.73. The monoisotopic (exact) mass is 287 g/mol. The van der Waals surface area contributed by atoms with Crippen LogP contribution in [-0.4, -0.2) is 16.6 Å². The first-order chi connectivity index (χ1) is 7.83. The summed E-state index contributed by atoms with van der Waals surface area (Å²) in [4.78, 5) is 4.21. The van der Waals surface area contributed by atoms with Gasteiger partial charge in [-0.05, 0) is 19.5 Å². The van der Waals surface area contributed by atoms with Crippen molar-refractivity contribution >= 4 is 24.8 Å². The van der Waals surface area contributed by atoms with Crippen LogP contribution in [0.1, 0.15) is 24.2 Å². The number of aromatic nitrogens is 2. The van der Waals surface area contributed by atoms with E-state index in [1.807, 2.05) is 25.6 Å². The van der Waals surface area contributed by atoms with Crippen LogP contribution >= 0.6 is 24.8 Å². The van der Waals surface area contributed by atoms with Crippen LogP contribution in [0.5, 0.6) is 0 Å². The van der Waals surface area contributed by atoms with Crippen molar-refractivity contribution in [3.05, 3.63) is 54.1 Å². The van der Waals surface area contributed by atoms with Gasteiger partial charge in [-0.2, -0.15) is 0 Å². The molecule has 1 N–H and O–H groups in total. The van der Waals surface area contributed by atoms with Gasteiger partial charge in [0, 0.05) is 12.7 Å². The molecule has 1 aromatic heterocycles.